The summed E-state index contributed by atoms with van der Waals surface area (Å²) in [5, 5.41) is 0. The summed E-state index contributed by atoms with van der Waals surface area (Å²) >= 11 is 0. The summed E-state index contributed by atoms with van der Waals surface area (Å²) in [5.74, 6) is 0. The number of fused-ring (bicyclic) bond motifs is 1. The van der Waals surface area contributed by atoms with Crippen molar-refractivity contribution in [3.8, 4) is 0 Å². The quantitative estimate of drug-likeness (QED) is 0.856. The minimum Gasteiger partial charge on any atom is -0.310 e. The summed E-state index contributed by atoms with van der Waals surface area (Å²) < 4.78 is 0. The molecule has 0 aliphatic carbocycles. The highest BCUT2D eigenvalue weighted by Crippen LogP contribution is 2.20. The fraction of sp³-hybridized carbons (Fsp3) is 0.333. The van der Waals surface area contributed by atoms with E-state index in [0.29, 0.717) is 18.5 Å². The number of H-pyrrole nitrogens is 2. The molecule has 0 fully saturated rings. The number of nitrogens with one attached hydrogen (secondary N) is 2. The van der Waals surface area contributed by atoms with E-state index in [1.807, 2.05) is 18.2 Å². The Balaban J connectivity index is 1.89. The first-order valence-electron chi connectivity index (χ1n) is 6.76. The Labute approximate surface area is 116 Å². The summed E-state index contributed by atoms with van der Waals surface area (Å²) in [5.41, 5.74) is 2.00. The standard InChI is InChI=1S/C15H17N3O2/c1-10-7-12-13(16-15(20)17-14(12)19)9-18(10)8-11-5-3-2-4-6-11/h2-6,10H,7-9H2,1H3,(H2,16,17,19,20). The number of rotatable bonds is 2. The highest BCUT2D eigenvalue weighted by Gasteiger charge is 2.25. The molecule has 1 atom stereocenters. The molecule has 1 unspecified atom stereocenters. The second-order valence-electron chi connectivity index (χ2n) is 5.31. The van der Waals surface area contributed by atoms with Crippen molar-refractivity contribution in [2.45, 2.75) is 32.5 Å². The van der Waals surface area contributed by atoms with Crippen molar-refractivity contribution in [2.24, 2.45) is 0 Å². The molecule has 0 amide bonds. The Morgan fingerprint density at radius 2 is 1.95 bits per heavy atom. The fourth-order valence-corrected chi connectivity index (χ4v) is 2.72. The van der Waals surface area contributed by atoms with Gasteiger partial charge in [-0.1, -0.05) is 30.3 Å². The zero-order valence-electron chi connectivity index (χ0n) is 11.3. The van der Waals surface area contributed by atoms with Crippen LogP contribution in [0.4, 0.5) is 0 Å². The van der Waals surface area contributed by atoms with Gasteiger partial charge in [0.05, 0.1) is 0 Å². The van der Waals surface area contributed by atoms with Gasteiger partial charge in [0.1, 0.15) is 0 Å². The van der Waals surface area contributed by atoms with Crippen LogP contribution in [0.15, 0.2) is 39.9 Å². The van der Waals surface area contributed by atoms with Gasteiger partial charge in [-0.2, -0.15) is 0 Å². The van der Waals surface area contributed by atoms with Gasteiger partial charge in [0, 0.05) is 30.4 Å². The molecule has 5 heteroatoms. The molecular formula is C15H17N3O2. The number of aromatic nitrogens is 2. The molecule has 1 aliphatic heterocycles. The van der Waals surface area contributed by atoms with Crippen molar-refractivity contribution in [1.82, 2.24) is 14.9 Å². The van der Waals surface area contributed by atoms with Crippen LogP contribution in [0.25, 0.3) is 0 Å². The SMILES string of the molecule is CC1Cc2c([nH]c(=O)[nH]c2=O)CN1Cc1ccccc1. The van der Waals surface area contributed by atoms with Crippen LogP contribution in [0.1, 0.15) is 23.7 Å². The zero-order valence-corrected chi connectivity index (χ0v) is 11.3. The first kappa shape index (κ1) is 12.9. The van der Waals surface area contributed by atoms with E-state index in [2.05, 4.69) is 33.9 Å². The minimum atomic E-state index is -0.428. The van der Waals surface area contributed by atoms with Crippen LogP contribution in [-0.4, -0.2) is 20.9 Å². The smallest absolute Gasteiger partial charge is 0.310 e. The molecule has 0 radical (unpaired) electrons. The molecule has 0 saturated heterocycles. The first-order valence-corrected chi connectivity index (χ1v) is 6.76. The molecule has 2 N–H and O–H groups in total. The predicted molar refractivity (Wildman–Crippen MR) is 76.5 cm³/mol. The summed E-state index contributed by atoms with van der Waals surface area (Å²) in [4.78, 5) is 30.5. The summed E-state index contributed by atoms with van der Waals surface area (Å²) in [6.45, 7) is 3.53. The average molecular weight is 271 g/mol. The van der Waals surface area contributed by atoms with E-state index in [0.717, 1.165) is 12.2 Å². The maximum atomic E-state index is 11.8. The Bertz CT molecular complexity index is 718. The maximum Gasteiger partial charge on any atom is 0.325 e. The highest BCUT2D eigenvalue weighted by molar-refractivity contribution is 5.22. The van der Waals surface area contributed by atoms with Crippen LogP contribution in [0.3, 0.4) is 0 Å². The third-order valence-electron chi connectivity index (χ3n) is 3.84. The maximum absolute atomic E-state index is 11.8. The van der Waals surface area contributed by atoms with Crippen LogP contribution in [0.5, 0.6) is 0 Å². The molecule has 0 spiro atoms. The fourth-order valence-electron chi connectivity index (χ4n) is 2.72. The van der Waals surface area contributed by atoms with Gasteiger partial charge in [0.2, 0.25) is 0 Å². The van der Waals surface area contributed by atoms with Gasteiger partial charge in [-0.3, -0.25) is 14.7 Å². The molecule has 2 heterocycles. The molecule has 3 rings (SSSR count). The predicted octanol–water partition coefficient (Wildman–Crippen LogP) is 1.01. The Kier molecular flexibility index (Phi) is 3.28. The van der Waals surface area contributed by atoms with E-state index < -0.39 is 5.69 Å². The zero-order chi connectivity index (χ0) is 14.1. The third-order valence-corrected chi connectivity index (χ3v) is 3.84. The molecule has 20 heavy (non-hydrogen) atoms. The second kappa shape index (κ2) is 5.09. The lowest BCUT2D eigenvalue weighted by molar-refractivity contribution is 0.171. The number of hydrogen-bond donors (Lipinski definition) is 2. The lowest BCUT2D eigenvalue weighted by Crippen LogP contribution is -2.43. The number of benzene rings is 1. The van der Waals surface area contributed by atoms with Crippen molar-refractivity contribution < 1.29 is 0 Å². The van der Waals surface area contributed by atoms with E-state index in [-0.39, 0.29) is 11.6 Å². The van der Waals surface area contributed by atoms with E-state index in [4.69, 9.17) is 0 Å². The van der Waals surface area contributed by atoms with Crippen LogP contribution in [0, 0.1) is 0 Å². The van der Waals surface area contributed by atoms with E-state index >= 15 is 0 Å². The van der Waals surface area contributed by atoms with Crippen molar-refractivity contribution in [2.75, 3.05) is 0 Å². The number of hydrogen-bond acceptors (Lipinski definition) is 3. The van der Waals surface area contributed by atoms with Gasteiger partial charge in [0.25, 0.3) is 5.56 Å². The minimum absolute atomic E-state index is 0.255. The van der Waals surface area contributed by atoms with Gasteiger partial charge in [0.15, 0.2) is 0 Å². The summed E-state index contributed by atoms with van der Waals surface area (Å²) in [6, 6.07) is 10.5. The van der Waals surface area contributed by atoms with Crippen LogP contribution in [0.2, 0.25) is 0 Å². The van der Waals surface area contributed by atoms with E-state index in [1.54, 1.807) is 0 Å². The Morgan fingerprint density at radius 3 is 2.70 bits per heavy atom. The van der Waals surface area contributed by atoms with E-state index in [1.165, 1.54) is 5.56 Å². The van der Waals surface area contributed by atoms with Gasteiger partial charge < -0.3 is 4.98 Å². The highest BCUT2D eigenvalue weighted by atomic mass is 16.2. The molecular weight excluding hydrogens is 254 g/mol. The molecule has 0 saturated carbocycles. The average Bonchev–Trinajstić information content (AvgIpc) is 2.42. The van der Waals surface area contributed by atoms with Crippen molar-refractivity contribution in [3.05, 3.63) is 68.0 Å². The van der Waals surface area contributed by atoms with Crippen LogP contribution in [-0.2, 0) is 19.5 Å². The van der Waals surface area contributed by atoms with Gasteiger partial charge in [-0.25, -0.2) is 4.79 Å². The normalized spacial score (nSPS) is 18.8. The summed E-state index contributed by atoms with van der Waals surface area (Å²) in [6.07, 6.45) is 0.661. The largest absolute Gasteiger partial charge is 0.325 e. The Hall–Kier alpha value is -2.14. The first-order chi connectivity index (χ1) is 9.63. The summed E-state index contributed by atoms with van der Waals surface area (Å²) in [7, 11) is 0. The second-order valence-corrected chi connectivity index (χ2v) is 5.31. The van der Waals surface area contributed by atoms with Crippen molar-refractivity contribution in [3.63, 3.8) is 0 Å². The van der Waals surface area contributed by atoms with Gasteiger partial charge in [-0.15, -0.1) is 0 Å². The third kappa shape index (κ3) is 2.44. The van der Waals surface area contributed by atoms with Crippen molar-refractivity contribution >= 4 is 0 Å². The van der Waals surface area contributed by atoms with Gasteiger partial charge >= 0.3 is 5.69 Å². The topological polar surface area (TPSA) is 69.0 Å². The molecule has 5 nitrogen and oxygen atoms in total. The van der Waals surface area contributed by atoms with Crippen molar-refractivity contribution in [1.29, 1.82) is 0 Å². The molecule has 1 aliphatic rings. The lowest BCUT2D eigenvalue weighted by Gasteiger charge is -2.33. The van der Waals surface area contributed by atoms with Gasteiger partial charge in [-0.05, 0) is 18.9 Å². The molecule has 0 bridgehead atoms. The lowest BCUT2D eigenvalue weighted by atomic mass is 9.99. The molecule has 104 valence electrons. The van der Waals surface area contributed by atoms with E-state index in [9.17, 15) is 9.59 Å². The monoisotopic (exact) mass is 271 g/mol. The number of aromatic amines is 2. The number of nitrogens with zero attached hydrogens (tertiary/aromatic N) is 1. The Morgan fingerprint density at radius 1 is 1.20 bits per heavy atom. The molecule has 2 aromatic rings. The molecule has 1 aromatic heterocycles. The molecule has 1 aromatic carbocycles. The van der Waals surface area contributed by atoms with Crippen LogP contribution >= 0.6 is 0 Å². The van der Waals surface area contributed by atoms with Crippen LogP contribution < -0.4 is 11.2 Å².